The lowest BCUT2D eigenvalue weighted by Gasteiger charge is -2.23. The quantitative estimate of drug-likeness (QED) is 0.253. The smallest absolute Gasteiger partial charge is 0.387 e. The Hall–Kier alpha value is -1.25. The Balaban J connectivity index is 0.00000480. The van der Waals surface area contributed by atoms with E-state index in [4.69, 9.17) is 4.74 Å². The van der Waals surface area contributed by atoms with E-state index in [0.717, 1.165) is 24.8 Å². The highest BCUT2D eigenvalue weighted by molar-refractivity contribution is 14.0. The number of halogens is 3. The molecule has 1 atom stereocenters. The number of alkyl halides is 2. The number of hydrogen-bond acceptors (Lipinski definition) is 5. The van der Waals surface area contributed by atoms with Crippen LogP contribution in [-0.2, 0) is 21.3 Å². The first-order valence-electron chi connectivity index (χ1n) is 9.83. The Bertz CT molecular complexity index is 776. The maximum absolute atomic E-state index is 12.2. The SMILES string of the molecule is CN=C(NCCS(=O)(=O)NCC1CCCCO1)N(C)Cc1ccc(OC(F)F)cc1.I. The summed E-state index contributed by atoms with van der Waals surface area (Å²) in [5.74, 6) is 0.524. The highest BCUT2D eigenvalue weighted by Crippen LogP contribution is 2.16. The van der Waals surface area contributed by atoms with E-state index in [0.29, 0.717) is 25.7 Å². The number of hydrogen-bond donors (Lipinski definition) is 2. The number of nitrogens with zero attached hydrogens (tertiary/aromatic N) is 2. The molecule has 0 bridgehead atoms. The molecule has 0 spiro atoms. The maximum atomic E-state index is 12.2. The molecule has 0 radical (unpaired) electrons. The van der Waals surface area contributed by atoms with Gasteiger partial charge in [0.25, 0.3) is 0 Å². The lowest BCUT2D eigenvalue weighted by atomic mass is 10.1. The highest BCUT2D eigenvalue weighted by Gasteiger charge is 2.18. The normalized spacial score (nSPS) is 17.2. The van der Waals surface area contributed by atoms with Gasteiger partial charge in [-0.15, -0.1) is 24.0 Å². The molecular weight excluding hydrogens is 545 g/mol. The van der Waals surface area contributed by atoms with Gasteiger partial charge in [-0.05, 0) is 37.0 Å². The summed E-state index contributed by atoms with van der Waals surface area (Å²) >= 11 is 0. The van der Waals surface area contributed by atoms with E-state index in [1.54, 1.807) is 31.1 Å². The molecule has 0 saturated carbocycles. The summed E-state index contributed by atoms with van der Waals surface area (Å²) in [5, 5.41) is 3.02. The number of benzene rings is 1. The van der Waals surface area contributed by atoms with Gasteiger partial charge in [0, 0.05) is 40.3 Å². The molecule has 1 unspecified atom stereocenters. The second-order valence-corrected chi connectivity index (χ2v) is 8.93. The molecule has 2 N–H and O–H groups in total. The first-order valence-corrected chi connectivity index (χ1v) is 11.5. The molecule has 2 rings (SSSR count). The lowest BCUT2D eigenvalue weighted by molar-refractivity contribution is -0.0498. The van der Waals surface area contributed by atoms with Crippen LogP contribution >= 0.6 is 24.0 Å². The number of ether oxygens (including phenoxy) is 2. The summed E-state index contributed by atoms with van der Waals surface area (Å²) in [6.45, 7) is -1.24. The molecule has 1 saturated heterocycles. The van der Waals surface area contributed by atoms with Crippen molar-refractivity contribution < 1.29 is 26.7 Å². The van der Waals surface area contributed by atoms with Gasteiger partial charge in [-0.1, -0.05) is 12.1 Å². The summed E-state index contributed by atoms with van der Waals surface area (Å²) in [4.78, 5) is 5.96. The van der Waals surface area contributed by atoms with Crippen molar-refractivity contribution in [1.29, 1.82) is 0 Å². The van der Waals surface area contributed by atoms with E-state index in [-0.39, 0.29) is 48.1 Å². The van der Waals surface area contributed by atoms with Gasteiger partial charge in [0.2, 0.25) is 10.0 Å². The largest absolute Gasteiger partial charge is 0.435 e. The zero-order chi connectivity index (χ0) is 22.0. The first-order chi connectivity index (χ1) is 14.3. The van der Waals surface area contributed by atoms with E-state index in [1.807, 2.05) is 0 Å². The molecule has 1 aliphatic rings. The van der Waals surface area contributed by atoms with Gasteiger partial charge in [0.05, 0.1) is 11.9 Å². The topological polar surface area (TPSA) is 92.3 Å². The van der Waals surface area contributed by atoms with Gasteiger partial charge in [-0.3, -0.25) is 4.99 Å². The van der Waals surface area contributed by atoms with Gasteiger partial charge in [0.15, 0.2) is 5.96 Å². The molecule has 0 amide bonds. The lowest BCUT2D eigenvalue weighted by Crippen LogP contribution is -2.43. The number of sulfonamides is 1. The van der Waals surface area contributed by atoms with E-state index < -0.39 is 16.6 Å². The zero-order valence-electron chi connectivity index (χ0n) is 17.7. The molecule has 1 heterocycles. The van der Waals surface area contributed by atoms with Crippen LogP contribution in [0.15, 0.2) is 29.3 Å². The van der Waals surface area contributed by atoms with Crippen LogP contribution < -0.4 is 14.8 Å². The van der Waals surface area contributed by atoms with Crippen molar-refractivity contribution in [3.8, 4) is 5.75 Å². The highest BCUT2D eigenvalue weighted by atomic mass is 127. The Morgan fingerprint density at radius 2 is 2.03 bits per heavy atom. The monoisotopic (exact) mass is 576 g/mol. The number of guanidine groups is 1. The molecule has 178 valence electrons. The van der Waals surface area contributed by atoms with Crippen LogP contribution in [-0.4, -0.2) is 71.5 Å². The minimum Gasteiger partial charge on any atom is -0.435 e. The average molecular weight is 576 g/mol. The Kier molecular flexibility index (Phi) is 12.6. The van der Waals surface area contributed by atoms with Crippen LogP contribution in [0.2, 0.25) is 0 Å². The van der Waals surface area contributed by atoms with Crippen molar-refractivity contribution >= 4 is 40.0 Å². The van der Waals surface area contributed by atoms with Crippen LogP contribution in [0.3, 0.4) is 0 Å². The van der Waals surface area contributed by atoms with Crippen molar-refractivity contribution in [3.05, 3.63) is 29.8 Å². The fourth-order valence-electron chi connectivity index (χ4n) is 3.07. The molecule has 1 aromatic carbocycles. The summed E-state index contributed by atoms with van der Waals surface area (Å²) in [6, 6.07) is 6.31. The van der Waals surface area contributed by atoms with Crippen molar-refractivity contribution in [3.63, 3.8) is 0 Å². The number of rotatable bonds is 10. The standard InChI is InChI=1S/C19H30F2N4O4S.HI/c1-22-19(25(2)14-15-6-8-16(9-7-15)29-18(20)21)23-10-12-30(26,27)24-13-17-5-3-4-11-28-17;/h6-9,17-18,24H,3-5,10-14H2,1-2H3,(H,22,23);1H. The van der Waals surface area contributed by atoms with Crippen molar-refractivity contribution in [2.45, 2.75) is 38.5 Å². The fraction of sp³-hybridized carbons (Fsp3) is 0.632. The van der Waals surface area contributed by atoms with Crippen molar-refractivity contribution in [2.75, 3.05) is 39.5 Å². The minimum absolute atomic E-state index is 0. The average Bonchev–Trinajstić information content (AvgIpc) is 2.71. The van der Waals surface area contributed by atoms with Crippen LogP contribution in [0.5, 0.6) is 5.75 Å². The predicted molar refractivity (Wildman–Crippen MR) is 127 cm³/mol. The van der Waals surface area contributed by atoms with E-state index in [1.165, 1.54) is 12.1 Å². The molecule has 1 aliphatic heterocycles. The molecule has 12 heteroatoms. The molecule has 8 nitrogen and oxygen atoms in total. The number of aliphatic imine (C=N–C) groups is 1. The molecule has 0 aliphatic carbocycles. The zero-order valence-corrected chi connectivity index (χ0v) is 20.9. The van der Waals surface area contributed by atoms with Gasteiger partial charge < -0.3 is 19.7 Å². The van der Waals surface area contributed by atoms with Crippen LogP contribution in [0, 0.1) is 0 Å². The van der Waals surface area contributed by atoms with Gasteiger partial charge in [-0.25, -0.2) is 13.1 Å². The third-order valence-electron chi connectivity index (χ3n) is 4.60. The van der Waals surface area contributed by atoms with Crippen LogP contribution in [0.1, 0.15) is 24.8 Å². The van der Waals surface area contributed by atoms with Gasteiger partial charge in [-0.2, -0.15) is 8.78 Å². The molecule has 31 heavy (non-hydrogen) atoms. The Morgan fingerprint density at radius 3 is 2.61 bits per heavy atom. The summed E-state index contributed by atoms with van der Waals surface area (Å²) in [6.07, 6.45) is 2.89. The Morgan fingerprint density at radius 1 is 1.32 bits per heavy atom. The summed E-state index contributed by atoms with van der Waals surface area (Å²) in [5.41, 5.74) is 0.865. The van der Waals surface area contributed by atoms with Crippen LogP contribution in [0.4, 0.5) is 8.78 Å². The second-order valence-electron chi connectivity index (χ2n) is 7.01. The molecular formula is C19H31F2IN4O4S. The van der Waals surface area contributed by atoms with E-state index >= 15 is 0 Å². The molecule has 1 aromatic rings. The second kappa shape index (κ2) is 14.0. The minimum atomic E-state index is -3.43. The Labute approximate surface area is 199 Å². The van der Waals surface area contributed by atoms with Crippen LogP contribution in [0.25, 0.3) is 0 Å². The predicted octanol–water partition coefficient (Wildman–Crippen LogP) is 2.40. The van der Waals surface area contributed by atoms with Crippen molar-refractivity contribution in [1.82, 2.24) is 14.9 Å². The van der Waals surface area contributed by atoms with Crippen molar-refractivity contribution in [2.24, 2.45) is 4.99 Å². The maximum Gasteiger partial charge on any atom is 0.387 e. The first kappa shape index (κ1) is 27.8. The molecule has 0 aromatic heterocycles. The number of nitrogens with one attached hydrogen (secondary N) is 2. The third kappa shape index (κ3) is 10.7. The van der Waals surface area contributed by atoms with E-state index in [9.17, 15) is 17.2 Å². The van der Waals surface area contributed by atoms with E-state index in [2.05, 4.69) is 19.8 Å². The molecule has 1 fully saturated rings. The fourth-order valence-corrected chi connectivity index (χ4v) is 4.02. The summed E-state index contributed by atoms with van der Waals surface area (Å²) < 4.78 is 61.3. The van der Waals surface area contributed by atoms with Gasteiger partial charge >= 0.3 is 6.61 Å². The summed E-state index contributed by atoms with van der Waals surface area (Å²) in [7, 11) is -0.0249. The van der Waals surface area contributed by atoms with Gasteiger partial charge in [0.1, 0.15) is 5.75 Å². The third-order valence-corrected chi connectivity index (χ3v) is 5.95.